The predicted molar refractivity (Wildman–Crippen MR) is 80.2 cm³/mol. The average molecular weight is 352 g/mol. The Bertz CT molecular complexity index is 801. The highest BCUT2D eigenvalue weighted by Crippen LogP contribution is 2.32. The Kier molecular flexibility index (Phi) is 3.73. The van der Waals surface area contributed by atoms with Crippen molar-refractivity contribution < 1.29 is 8.78 Å². The molecule has 6 heteroatoms. The quantitative estimate of drug-likeness (QED) is 0.729. The van der Waals surface area contributed by atoms with Crippen LogP contribution in [0.2, 0.25) is 0 Å². The standard InChI is InChI=1S/C15H12BrF2N3/c1-19-15(13-11(17)6-5-10(16)14(13)18)9-8-20-21-7-3-2-4-12(9)21/h2-8,15,19H,1H3. The van der Waals surface area contributed by atoms with Gasteiger partial charge in [-0.05, 0) is 47.2 Å². The fourth-order valence-electron chi connectivity index (χ4n) is 2.44. The van der Waals surface area contributed by atoms with E-state index in [1.165, 1.54) is 12.1 Å². The van der Waals surface area contributed by atoms with Crippen LogP contribution in [0.25, 0.3) is 5.52 Å². The SMILES string of the molecule is CNC(c1c(F)ccc(Br)c1F)c1cnn2ccccc12. The van der Waals surface area contributed by atoms with Gasteiger partial charge in [-0.2, -0.15) is 5.10 Å². The monoisotopic (exact) mass is 351 g/mol. The Balaban J connectivity index is 2.22. The van der Waals surface area contributed by atoms with Crippen LogP contribution in [0.3, 0.4) is 0 Å². The first-order valence-electron chi connectivity index (χ1n) is 6.36. The van der Waals surface area contributed by atoms with Gasteiger partial charge in [0, 0.05) is 17.3 Å². The van der Waals surface area contributed by atoms with Crippen LogP contribution < -0.4 is 5.32 Å². The van der Waals surface area contributed by atoms with Gasteiger partial charge < -0.3 is 5.32 Å². The highest BCUT2D eigenvalue weighted by molar-refractivity contribution is 9.10. The van der Waals surface area contributed by atoms with E-state index in [2.05, 4.69) is 26.3 Å². The van der Waals surface area contributed by atoms with E-state index in [4.69, 9.17) is 0 Å². The second-order valence-electron chi connectivity index (χ2n) is 4.61. The minimum atomic E-state index is -0.623. The third kappa shape index (κ3) is 2.34. The van der Waals surface area contributed by atoms with E-state index >= 15 is 0 Å². The molecular weight excluding hydrogens is 340 g/mol. The molecule has 0 saturated carbocycles. The average Bonchev–Trinajstić information content (AvgIpc) is 2.91. The van der Waals surface area contributed by atoms with Crippen LogP contribution >= 0.6 is 15.9 Å². The molecule has 0 aliphatic carbocycles. The van der Waals surface area contributed by atoms with E-state index in [9.17, 15) is 8.78 Å². The number of pyridine rings is 1. The van der Waals surface area contributed by atoms with Crippen LogP contribution in [0, 0.1) is 11.6 Å². The zero-order valence-electron chi connectivity index (χ0n) is 11.1. The van der Waals surface area contributed by atoms with Crippen molar-refractivity contribution >= 4 is 21.4 Å². The molecule has 3 rings (SSSR count). The number of benzene rings is 1. The summed E-state index contributed by atoms with van der Waals surface area (Å²) in [6.45, 7) is 0. The molecular formula is C15H12BrF2N3. The van der Waals surface area contributed by atoms with Crippen molar-refractivity contribution in [3.05, 3.63) is 70.0 Å². The minimum Gasteiger partial charge on any atom is -0.309 e. The number of fused-ring (bicyclic) bond motifs is 1. The van der Waals surface area contributed by atoms with Crippen molar-refractivity contribution in [1.82, 2.24) is 14.9 Å². The largest absolute Gasteiger partial charge is 0.309 e. The highest BCUT2D eigenvalue weighted by Gasteiger charge is 2.24. The first-order valence-corrected chi connectivity index (χ1v) is 7.15. The molecule has 0 bridgehead atoms. The lowest BCUT2D eigenvalue weighted by molar-refractivity contribution is 0.519. The lowest BCUT2D eigenvalue weighted by Crippen LogP contribution is -2.20. The summed E-state index contributed by atoms with van der Waals surface area (Å²) in [6, 6.07) is 7.55. The Morgan fingerprint density at radius 1 is 1.24 bits per heavy atom. The molecule has 0 fully saturated rings. The zero-order chi connectivity index (χ0) is 15.0. The molecule has 0 amide bonds. The summed E-state index contributed by atoms with van der Waals surface area (Å²) in [6.07, 6.45) is 3.41. The number of hydrogen-bond donors (Lipinski definition) is 1. The maximum atomic E-state index is 14.3. The second-order valence-corrected chi connectivity index (χ2v) is 5.46. The Labute approximate surface area is 128 Å². The molecule has 3 nitrogen and oxygen atoms in total. The molecule has 1 atom stereocenters. The molecule has 0 aliphatic heterocycles. The van der Waals surface area contributed by atoms with Gasteiger partial charge in [0.25, 0.3) is 0 Å². The van der Waals surface area contributed by atoms with Crippen molar-refractivity contribution in [2.75, 3.05) is 7.05 Å². The molecule has 1 N–H and O–H groups in total. The molecule has 1 unspecified atom stereocenters. The molecule has 2 aromatic heterocycles. The number of nitrogens with one attached hydrogen (secondary N) is 1. The molecule has 108 valence electrons. The van der Waals surface area contributed by atoms with Crippen molar-refractivity contribution in [3.8, 4) is 0 Å². The molecule has 1 aromatic carbocycles. The third-order valence-electron chi connectivity index (χ3n) is 3.42. The molecule has 3 aromatic rings. The maximum Gasteiger partial charge on any atom is 0.145 e. The van der Waals surface area contributed by atoms with Crippen LogP contribution in [0.1, 0.15) is 17.2 Å². The van der Waals surface area contributed by atoms with Gasteiger partial charge in [-0.1, -0.05) is 6.07 Å². The predicted octanol–water partition coefficient (Wildman–Crippen LogP) is 3.68. The molecule has 0 radical (unpaired) electrons. The second kappa shape index (κ2) is 5.54. The molecule has 21 heavy (non-hydrogen) atoms. The summed E-state index contributed by atoms with van der Waals surface area (Å²) in [5.74, 6) is -1.20. The maximum absolute atomic E-state index is 14.3. The van der Waals surface area contributed by atoms with Crippen molar-refractivity contribution in [2.24, 2.45) is 0 Å². The van der Waals surface area contributed by atoms with Gasteiger partial charge in [0.2, 0.25) is 0 Å². The van der Waals surface area contributed by atoms with Crippen LogP contribution in [-0.4, -0.2) is 16.7 Å². The fourth-order valence-corrected chi connectivity index (χ4v) is 2.79. The van der Waals surface area contributed by atoms with E-state index in [-0.39, 0.29) is 10.0 Å². The molecule has 0 spiro atoms. The normalized spacial score (nSPS) is 12.8. The summed E-state index contributed by atoms with van der Waals surface area (Å²) in [7, 11) is 1.66. The number of aromatic nitrogens is 2. The summed E-state index contributed by atoms with van der Waals surface area (Å²) in [4.78, 5) is 0. The van der Waals surface area contributed by atoms with Crippen LogP contribution in [-0.2, 0) is 0 Å². The molecule has 2 heterocycles. The van der Waals surface area contributed by atoms with Crippen LogP contribution in [0.4, 0.5) is 8.78 Å². The first kappa shape index (κ1) is 14.2. The molecule has 0 saturated heterocycles. The Morgan fingerprint density at radius 2 is 2.05 bits per heavy atom. The summed E-state index contributed by atoms with van der Waals surface area (Å²) in [5.41, 5.74) is 1.50. The Morgan fingerprint density at radius 3 is 2.81 bits per heavy atom. The van der Waals surface area contributed by atoms with Crippen molar-refractivity contribution in [2.45, 2.75) is 6.04 Å². The first-order chi connectivity index (χ1) is 10.1. The van der Waals surface area contributed by atoms with E-state index < -0.39 is 17.7 Å². The topological polar surface area (TPSA) is 29.3 Å². The third-order valence-corrected chi connectivity index (χ3v) is 4.04. The Hall–Kier alpha value is -1.79. The summed E-state index contributed by atoms with van der Waals surface area (Å²) < 4.78 is 30.4. The number of nitrogens with zero attached hydrogens (tertiary/aromatic N) is 2. The van der Waals surface area contributed by atoms with Gasteiger partial charge in [0.1, 0.15) is 11.6 Å². The smallest absolute Gasteiger partial charge is 0.145 e. The number of halogens is 3. The van der Waals surface area contributed by atoms with Gasteiger partial charge in [0.05, 0.1) is 22.2 Å². The van der Waals surface area contributed by atoms with Crippen LogP contribution in [0.15, 0.2) is 47.2 Å². The van der Waals surface area contributed by atoms with Crippen LogP contribution in [0.5, 0.6) is 0 Å². The van der Waals surface area contributed by atoms with E-state index in [0.29, 0.717) is 5.56 Å². The highest BCUT2D eigenvalue weighted by atomic mass is 79.9. The lowest BCUT2D eigenvalue weighted by atomic mass is 9.99. The van der Waals surface area contributed by atoms with Gasteiger partial charge in [-0.3, -0.25) is 0 Å². The number of hydrogen-bond acceptors (Lipinski definition) is 2. The lowest BCUT2D eigenvalue weighted by Gasteiger charge is -2.18. The van der Waals surface area contributed by atoms with Gasteiger partial charge >= 0.3 is 0 Å². The van der Waals surface area contributed by atoms with Crippen molar-refractivity contribution in [3.63, 3.8) is 0 Å². The van der Waals surface area contributed by atoms with E-state index in [0.717, 1.165) is 5.52 Å². The summed E-state index contributed by atoms with van der Waals surface area (Å²) >= 11 is 3.10. The minimum absolute atomic E-state index is 0.0226. The van der Waals surface area contributed by atoms with Gasteiger partial charge in [-0.15, -0.1) is 0 Å². The van der Waals surface area contributed by atoms with E-state index in [1.54, 1.807) is 24.0 Å². The fraction of sp³-hybridized carbons (Fsp3) is 0.133. The van der Waals surface area contributed by atoms with E-state index in [1.807, 2.05) is 18.2 Å². The number of rotatable bonds is 3. The van der Waals surface area contributed by atoms with Gasteiger partial charge in [0.15, 0.2) is 0 Å². The zero-order valence-corrected chi connectivity index (χ0v) is 12.7. The summed E-state index contributed by atoms with van der Waals surface area (Å²) in [5, 5.41) is 7.18. The molecule has 0 aliphatic rings. The van der Waals surface area contributed by atoms with Crippen molar-refractivity contribution in [1.29, 1.82) is 0 Å². The van der Waals surface area contributed by atoms with Gasteiger partial charge in [-0.25, -0.2) is 13.3 Å².